The van der Waals surface area contributed by atoms with Crippen molar-refractivity contribution in [2.45, 2.75) is 6.92 Å². The average molecular weight is 147 g/mol. The molecular formula is C8H7N2O. The highest BCUT2D eigenvalue weighted by molar-refractivity contribution is 5.30. The van der Waals surface area contributed by atoms with Crippen LogP contribution >= 0.6 is 0 Å². The Morgan fingerprint density at radius 3 is 3.27 bits per heavy atom. The smallest absolute Gasteiger partial charge is 0.215 e. The summed E-state index contributed by atoms with van der Waals surface area (Å²) in [5.74, 6) is 0.451. The van der Waals surface area contributed by atoms with Gasteiger partial charge >= 0.3 is 0 Å². The molecule has 0 atom stereocenters. The summed E-state index contributed by atoms with van der Waals surface area (Å²) in [6, 6.07) is 5.07. The highest BCUT2D eigenvalue weighted by Gasteiger charge is 1.94. The molecule has 0 unspecified atom stereocenters. The molecule has 1 rings (SSSR count). The molecule has 0 aliphatic carbocycles. The van der Waals surface area contributed by atoms with Crippen LogP contribution in [0, 0.1) is 17.5 Å². The number of rotatable bonds is 2. The quantitative estimate of drug-likeness (QED) is 0.630. The van der Waals surface area contributed by atoms with Gasteiger partial charge in [-0.15, -0.1) is 0 Å². The van der Waals surface area contributed by atoms with Gasteiger partial charge in [-0.05, 0) is 13.0 Å². The number of aromatic nitrogens is 1. The van der Waals surface area contributed by atoms with E-state index in [-0.39, 0.29) is 0 Å². The molecular weight excluding hydrogens is 140 g/mol. The highest BCUT2D eigenvalue weighted by Crippen LogP contribution is 2.06. The second kappa shape index (κ2) is 3.57. The molecule has 1 aromatic rings. The second-order valence-corrected chi connectivity index (χ2v) is 1.87. The van der Waals surface area contributed by atoms with Crippen molar-refractivity contribution in [1.29, 1.82) is 5.26 Å². The Labute approximate surface area is 65.3 Å². The number of hydrogen-bond acceptors (Lipinski definition) is 3. The van der Waals surface area contributed by atoms with Crippen LogP contribution in [0.4, 0.5) is 0 Å². The van der Waals surface area contributed by atoms with Gasteiger partial charge in [-0.25, -0.2) is 4.98 Å². The van der Waals surface area contributed by atoms with Crippen LogP contribution in [-0.4, -0.2) is 11.6 Å². The van der Waals surface area contributed by atoms with E-state index in [4.69, 9.17) is 10.00 Å². The van der Waals surface area contributed by atoms with Crippen LogP contribution < -0.4 is 4.74 Å². The predicted molar refractivity (Wildman–Crippen MR) is 39.0 cm³/mol. The Morgan fingerprint density at radius 2 is 2.64 bits per heavy atom. The molecule has 1 heterocycles. The summed E-state index contributed by atoms with van der Waals surface area (Å²) in [6.45, 7) is 2.41. The van der Waals surface area contributed by atoms with Gasteiger partial charge in [-0.2, -0.15) is 5.26 Å². The lowest BCUT2D eigenvalue weighted by Gasteiger charge is -1.98. The van der Waals surface area contributed by atoms with E-state index in [1.54, 1.807) is 6.07 Å². The van der Waals surface area contributed by atoms with Crippen LogP contribution in [0.2, 0.25) is 0 Å². The van der Waals surface area contributed by atoms with Crippen LogP contribution in [0.1, 0.15) is 12.5 Å². The van der Waals surface area contributed by atoms with E-state index in [0.717, 1.165) is 0 Å². The molecule has 0 saturated carbocycles. The molecule has 0 aromatic carbocycles. The SMILES string of the molecule is CCOc1cc(C#N)c[c]n1. The summed E-state index contributed by atoms with van der Waals surface area (Å²) in [4.78, 5) is 3.78. The maximum Gasteiger partial charge on any atom is 0.215 e. The van der Waals surface area contributed by atoms with Crippen molar-refractivity contribution in [3.63, 3.8) is 0 Å². The van der Waals surface area contributed by atoms with Crippen molar-refractivity contribution in [3.05, 3.63) is 23.9 Å². The maximum atomic E-state index is 8.48. The minimum absolute atomic E-state index is 0.451. The monoisotopic (exact) mass is 147 g/mol. The van der Waals surface area contributed by atoms with Gasteiger partial charge in [-0.3, -0.25) is 0 Å². The van der Waals surface area contributed by atoms with Crippen molar-refractivity contribution in [2.24, 2.45) is 0 Å². The maximum absolute atomic E-state index is 8.48. The van der Waals surface area contributed by atoms with E-state index in [1.165, 1.54) is 6.07 Å². The van der Waals surface area contributed by atoms with Crippen molar-refractivity contribution < 1.29 is 4.74 Å². The third-order valence-electron chi connectivity index (χ3n) is 1.10. The number of ether oxygens (including phenoxy) is 1. The molecule has 55 valence electrons. The largest absolute Gasteiger partial charge is 0.478 e. The van der Waals surface area contributed by atoms with Crippen LogP contribution in [0.25, 0.3) is 0 Å². The summed E-state index contributed by atoms with van der Waals surface area (Å²) in [7, 11) is 0. The third-order valence-corrected chi connectivity index (χ3v) is 1.10. The minimum Gasteiger partial charge on any atom is -0.478 e. The van der Waals surface area contributed by atoms with Gasteiger partial charge < -0.3 is 4.74 Å². The van der Waals surface area contributed by atoms with Gasteiger partial charge in [0.05, 0.1) is 24.4 Å². The average Bonchev–Trinajstić information content (AvgIpc) is 2.06. The van der Waals surface area contributed by atoms with Crippen molar-refractivity contribution >= 4 is 0 Å². The zero-order valence-electron chi connectivity index (χ0n) is 6.16. The third kappa shape index (κ3) is 1.94. The first-order chi connectivity index (χ1) is 5.36. The lowest BCUT2D eigenvalue weighted by molar-refractivity contribution is 0.326. The Morgan fingerprint density at radius 1 is 1.82 bits per heavy atom. The first kappa shape index (κ1) is 7.55. The molecule has 0 spiro atoms. The second-order valence-electron chi connectivity index (χ2n) is 1.87. The Balaban J connectivity index is 2.85. The van der Waals surface area contributed by atoms with Crippen LogP contribution in [-0.2, 0) is 0 Å². The van der Waals surface area contributed by atoms with Crippen molar-refractivity contribution in [2.75, 3.05) is 6.61 Å². The van der Waals surface area contributed by atoms with Gasteiger partial charge in [0.1, 0.15) is 0 Å². The summed E-state index contributed by atoms with van der Waals surface area (Å²) in [5.41, 5.74) is 0.517. The van der Waals surface area contributed by atoms with Crippen LogP contribution in [0.5, 0.6) is 5.88 Å². The van der Waals surface area contributed by atoms with Crippen molar-refractivity contribution in [1.82, 2.24) is 4.98 Å². The fraction of sp³-hybridized carbons (Fsp3) is 0.250. The van der Waals surface area contributed by atoms with E-state index in [9.17, 15) is 0 Å². The Bertz CT molecular complexity index is 278. The predicted octanol–water partition coefficient (Wildman–Crippen LogP) is 1.15. The molecule has 0 N–H and O–H groups in total. The summed E-state index contributed by atoms with van der Waals surface area (Å²) in [6.07, 6.45) is 2.57. The van der Waals surface area contributed by atoms with E-state index in [0.29, 0.717) is 18.1 Å². The lowest BCUT2D eigenvalue weighted by Crippen LogP contribution is -1.94. The number of pyridine rings is 1. The molecule has 0 fully saturated rings. The van der Waals surface area contributed by atoms with Gasteiger partial charge in [0.25, 0.3) is 0 Å². The first-order valence-corrected chi connectivity index (χ1v) is 3.28. The van der Waals surface area contributed by atoms with E-state index in [1.807, 2.05) is 13.0 Å². The first-order valence-electron chi connectivity index (χ1n) is 3.28. The van der Waals surface area contributed by atoms with E-state index >= 15 is 0 Å². The van der Waals surface area contributed by atoms with E-state index in [2.05, 4.69) is 11.2 Å². The van der Waals surface area contributed by atoms with Crippen LogP contribution in [0.3, 0.4) is 0 Å². The molecule has 0 aliphatic rings. The highest BCUT2D eigenvalue weighted by atomic mass is 16.5. The molecule has 1 radical (unpaired) electrons. The summed E-state index contributed by atoms with van der Waals surface area (Å²) >= 11 is 0. The van der Waals surface area contributed by atoms with Crippen molar-refractivity contribution in [3.8, 4) is 11.9 Å². The topological polar surface area (TPSA) is 45.9 Å². The van der Waals surface area contributed by atoms with Gasteiger partial charge in [-0.1, -0.05) is 0 Å². The Kier molecular flexibility index (Phi) is 2.45. The zero-order valence-corrected chi connectivity index (χ0v) is 6.16. The van der Waals surface area contributed by atoms with Gasteiger partial charge in [0, 0.05) is 6.07 Å². The van der Waals surface area contributed by atoms with Gasteiger partial charge in [0.15, 0.2) is 0 Å². The molecule has 3 nitrogen and oxygen atoms in total. The molecule has 3 heteroatoms. The molecule has 0 aliphatic heterocycles. The van der Waals surface area contributed by atoms with Crippen LogP contribution in [0.15, 0.2) is 12.1 Å². The minimum atomic E-state index is 0.451. The summed E-state index contributed by atoms with van der Waals surface area (Å²) < 4.78 is 5.05. The molecule has 0 amide bonds. The lowest BCUT2D eigenvalue weighted by atomic mass is 10.3. The molecule has 0 bridgehead atoms. The normalized spacial score (nSPS) is 8.73. The molecule has 11 heavy (non-hydrogen) atoms. The molecule has 0 saturated heterocycles. The standard InChI is InChI=1S/C8H7N2O/c1-2-11-8-5-7(6-9)3-4-10-8/h3,5H,2H2,1H3. The fourth-order valence-electron chi connectivity index (χ4n) is 0.659. The fourth-order valence-corrected chi connectivity index (χ4v) is 0.659. The number of nitrogens with zero attached hydrogens (tertiary/aromatic N) is 2. The van der Waals surface area contributed by atoms with Gasteiger partial charge in [0.2, 0.25) is 5.88 Å². The number of hydrogen-bond donors (Lipinski definition) is 0. The molecule has 1 aromatic heterocycles. The zero-order chi connectivity index (χ0) is 8.10. The number of nitriles is 1. The van der Waals surface area contributed by atoms with E-state index < -0.39 is 0 Å². The Hall–Kier alpha value is -1.56. The summed E-state index contributed by atoms with van der Waals surface area (Å²) in [5, 5.41) is 8.48.